The number of nitrogens with two attached hydrogens (primary N) is 2. The van der Waals surface area contributed by atoms with Crippen LogP contribution < -0.4 is 16.4 Å². The summed E-state index contributed by atoms with van der Waals surface area (Å²) in [6.07, 6.45) is 0.704. The summed E-state index contributed by atoms with van der Waals surface area (Å²) in [5.41, 5.74) is 9.91. The Labute approximate surface area is 71.7 Å². The third kappa shape index (κ3) is 7.01. The van der Waals surface area contributed by atoms with Crippen LogP contribution in [0.3, 0.4) is 0 Å². The van der Waals surface area contributed by atoms with Crippen molar-refractivity contribution in [1.29, 1.82) is 0 Å². The minimum Gasteiger partial charge on any atom is -0.369 e. The molecule has 0 aromatic heterocycles. The van der Waals surface area contributed by atoms with E-state index in [1.54, 1.807) is 0 Å². The second-order valence-electron chi connectivity index (χ2n) is 2.89. The van der Waals surface area contributed by atoms with Crippen molar-refractivity contribution in [2.75, 3.05) is 20.1 Å². The SMILES string of the molecule is C[NH+](CCC(N)=O)CCC(N)=O. The minimum absolute atomic E-state index is 0.312. The van der Waals surface area contributed by atoms with Gasteiger partial charge in [-0.05, 0) is 0 Å². The number of hydrogen-bond donors (Lipinski definition) is 3. The fraction of sp³-hybridized carbons (Fsp3) is 0.714. The van der Waals surface area contributed by atoms with Crippen molar-refractivity contribution in [3.63, 3.8) is 0 Å². The van der Waals surface area contributed by atoms with Gasteiger partial charge in [-0.1, -0.05) is 0 Å². The van der Waals surface area contributed by atoms with Gasteiger partial charge < -0.3 is 16.4 Å². The van der Waals surface area contributed by atoms with E-state index in [0.717, 1.165) is 4.90 Å². The molecule has 0 aliphatic rings. The molecule has 0 atom stereocenters. The molecule has 0 saturated carbocycles. The van der Waals surface area contributed by atoms with Gasteiger partial charge in [-0.2, -0.15) is 0 Å². The first kappa shape index (κ1) is 10.9. The lowest BCUT2D eigenvalue weighted by Gasteiger charge is -2.10. The second kappa shape index (κ2) is 5.54. The van der Waals surface area contributed by atoms with E-state index >= 15 is 0 Å². The summed E-state index contributed by atoms with van der Waals surface area (Å²) in [4.78, 5) is 21.8. The Hall–Kier alpha value is -1.10. The molecule has 0 aromatic rings. The summed E-state index contributed by atoms with van der Waals surface area (Å²) < 4.78 is 0. The molecule has 0 radical (unpaired) electrons. The zero-order valence-corrected chi connectivity index (χ0v) is 7.30. The Balaban J connectivity index is 3.39. The molecule has 0 fully saturated rings. The van der Waals surface area contributed by atoms with Gasteiger partial charge in [0, 0.05) is 0 Å². The zero-order valence-electron chi connectivity index (χ0n) is 7.30. The Morgan fingerprint density at radius 1 is 1.08 bits per heavy atom. The van der Waals surface area contributed by atoms with E-state index in [2.05, 4.69) is 0 Å². The summed E-state index contributed by atoms with van der Waals surface area (Å²) in [7, 11) is 1.89. The predicted octanol–water partition coefficient (Wildman–Crippen LogP) is -2.75. The van der Waals surface area contributed by atoms with Crippen LogP contribution >= 0.6 is 0 Å². The lowest BCUT2D eigenvalue weighted by molar-refractivity contribution is -0.878. The molecule has 0 aromatic carbocycles. The number of quaternary nitrogens is 1. The number of amides is 2. The fourth-order valence-corrected chi connectivity index (χ4v) is 0.798. The number of carbonyl (C=O) groups excluding carboxylic acids is 2. The number of primary amides is 2. The van der Waals surface area contributed by atoms with Crippen molar-refractivity contribution < 1.29 is 14.5 Å². The lowest BCUT2D eigenvalue weighted by Crippen LogP contribution is -3.09. The standard InChI is InChI=1S/C7H15N3O2/c1-10(4-2-6(8)11)5-3-7(9)12/h2-5H2,1H3,(H2,8,11)(H2,9,12)/p+1. The molecule has 12 heavy (non-hydrogen) atoms. The maximum absolute atomic E-state index is 10.4. The zero-order chi connectivity index (χ0) is 9.56. The smallest absolute Gasteiger partial charge is 0.223 e. The lowest BCUT2D eigenvalue weighted by atomic mass is 10.3. The van der Waals surface area contributed by atoms with Gasteiger partial charge in [0.25, 0.3) is 0 Å². The van der Waals surface area contributed by atoms with Gasteiger partial charge in [0.1, 0.15) is 0 Å². The molecule has 5 nitrogen and oxygen atoms in total. The monoisotopic (exact) mass is 174 g/mol. The maximum atomic E-state index is 10.4. The summed E-state index contributed by atoms with van der Waals surface area (Å²) in [6, 6.07) is 0. The van der Waals surface area contributed by atoms with Crippen LogP contribution in [0.4, 0.5) is 0 Å². The number of nitrogens with one attached hydrogen (secondary N) is 1. The Morgan fingerprint density at radius 3 is 1.67 bits per heavy atom. The van der Waals surface area contributed by atoms with Gasteiger partial charge in [0.2, 0.25) is 11.8 Å². The van der Waals surface area contributed by atoms with E-state index in [9.17, 15) is 9.59 Å². The van der Waals surface area contributed by atoms with E-state index in [1.807, 2.05) is 7.05 Å². The summed E-state index contributed by atoms with van der Waals surface area (Å²) in [5, 5.41) is 0. The molecule has 2 amide bonds. The van der Waals surface area contributed by atoms with Gasteiger partial charge in [0.05, 0.1) is 33.0 Å². The maximum Gasteiger partial charge on any atom is 0.223 e. The van der Waals surface area contributed by atoms with Crippen LogP contribution in [0.25, 0.3) is 0 Å². The van der Waals surface area contributed by atoms with Crippen molar-refractivity contribution in [3.05, 3.63) is 0 Å². The highest BCUT2D eigenvalue weighted by atomic mass is 16.1. The van der Waals surface area contributed by atoms with Crippen LogP contribution in [0.15, 0.2) is 0 Å². The van der Waals surface area contributed by atoms with Crippen LogP contribution in [-0.2, 0) is 9.59 Å². The first-order chi connectivity index (χ1) is 5.52. The molecular formula is C7H16N3O2+. The van der Waals surface area contributed by atoms with E-state index < -0.39 is 0 Å². The van der Waals surface area contributed by atoms with E-state index in [0.29, 0.717) is 25.9 Å². The molecule has 0 heterocycles. The molecule has 0 rings (SSSR count). The highest BCUT2D eigenvalue weighted by Crippen LogP contribution is 1.70. The van der Waals surface area contributed by atoms with Gasteiger partial charge >= 0.3 is 0 Å². The summed E-state index contributed by atoms with van der Waals surface area (Å²) in [6.45, 7) is 1.31. The molecule has 5 N–H and O–H groups in total. The molecule has 5 heteroatoms. The third-order valence-corrected chi connectivity index (χ3v) is 1.60. The molecule has 0 unspecified atom stereocenters. The minimum atomic E-state index is -0.312. The summed E-state index contributed by atoms with van der Waals surface area (Å²) in [5.74, 6) is -0.623. The van der Waals surface area contributed by atoms with E-state index in [1.165, 1.54) is 0 Å². The number of rotatable bonds is 6. The first-order valence-corrected chi connectivity index (χ1v) is 3.90. The first-order valence-electron chi connectivity index (χ1n) is 3.90. The van der Waals surface area contributed by atoms with Crippen LogP contribution in [0.1, 0.15) is 12.8 Å². The Bertz CT molecular complexity index is 152. The molecular weight excluding hydrogens is 158 g/mol. The van der Waals surface area contributed by atoms with Crippen molar-refractivity contribution in [2.45, 2.75) is 12.8 Å². The molecule has 70 valence electrons. The average molecular weight is 174 g/mol. The van der Waals surface area contributed by atoms with E-state index in [4.69, 9.17) is 11.5 Å². The number of carbonyl (C=O) groups is 2. The van der Waals surface area contributed by atoms with Gasteiger partial charge in [-0.3, -0.25) is 9.59 Å². The van der Waals surface area contributed by atoms with Gasteiger partial charge in [-0.25, -0.2) is 0 Å². The highest BCUT2D eigenvalue weighted by molar-refractivity contribution is 5.74. The Morgan fingerprint density at radius 2 is 1.42 bits per heavy atom. The quantitative estimate of drug-likeness (QED) is 0.407. The van der Waals surface area contributed by atoms with Crippen molar-refractivity contribution in [3.8, 4) is 0 Å². The fourth-order valence-electron chi connectivity index (χ4n) is 0.798. The van der Waals surface area contributed by atoms with Crippen molar-refractivity contribution in [1.82, 2.24) is 0 Å². The molecule has 0 aliphatic heterocycles. The van der Waals surface area contributed by atoms with Crippen LogP contribution in [0.2, 0.25) is 0 Å². The molecule has 0 spiro atoms. The summed E-state index contributed by atoms with van der Waals surface area (Å²) >= 11 is 0. The third-order valence-electron chi connectivity index (χ3n) is 1.60. The Kier molecular flexibility index (Phi) is 5.03. The van der Waals surface area contributed by atoms with Gasteiger partial charge in [-0.15, -0.1) is 0 Å². The number of hydrogen-bond acceptors (Lipinski definition) is 2. The largest absolute Gasteiger partial charge is 0.369 e. The van der Waals surface area contributed by atoms with E-state index in [-0.39, 0.29) is 11.8 Å². The topological polar surface area (TPSA) is 90.6 Å². The molecule has 0 saturated heterocycles. The molecule has 0 aliphatic carbocycles. The molecule has 0 bridgehead atoms. The van der Waals surface area contributed by atoms with Crippen molar-refractivity contribution in [2.24, 2.45) is 11.5 Å². The average Bonchev–Trinajstić information content (AvgIpc) is 1.96. The normalized spacial score (nSPS) is 10.2. The van der Waals surface area contributed by atoms with Crippen LogP contribution in [0, 0.1) is 0 Å². The predicted molar refractivity (Wildman–Crippen MR) is 44.2 cm³/mol. The van der Waals surface area contributed by atoms with Crippen LogP contribution in [-0.4, -0.2) is 32.0 Å². The second-order valence-corrected chi connectivity index (χ2v) is 2.89. The van der Waals surface area contributed by atoms with Crippen molar-refractivity contribution >= 4 is 11.8 Å². The highest BCUT2D eigenvalue weighted by Gasteiger charge is 2.05. The van der Waals surface area contributed by atoms with Gasteiger partial charge in [0.15, 0.2) is 0 Å². The van der Waals surface area contributed by atoms with Crippen LogP contribution in [0.5, 0.6) is 0 Å².